The number of aliphatic hydroxyl groups excluding tert-OH is 2. The zero-order valence-corrected chi connectivity index (χ0v) is 36.4. The van der Waals surface area contributed by atoms with Gasteiger partial charge in [-0.05, 0) is 97.5 Å². The summed E-state index contributed by atoms with van der Waals surface area (Å²) < 4.78 is 27.1. The van der Waals surface area contributed by atoms with Crippen LogP contribution in [0, 0.1) is 11.6 Å². The number of carbonyl (C=O) groups is 4. The Morgan fingerprint density at radius 1 is 0.571 bits per heavy atom. The van der Waals surface area contributed by atoms with Crippen molar-refractivity contribution in [1.29, 1.82) is 0 Å². The van der Waals surface area contributed by atoms with E-state index in [0.29, 0.717) is 11.8 Å². The Morgan fingerprint density at radius 2 is 0.921 bits per heavy atom. The van der Waals surface area contributed by atoms with Crippen molar-refractivity contribution >= 4 is 95.2 Å². The summed E-state index contributed by atoms with van der Waals surface area (Å²) >= 11 is 0. The number of aromatic nitrogens is 2. The van der Waals surface area contributed by atoms with Crippen molar-refractivity contribution < 1.29 is 48.4 Å². The molecular formula is C50H42CaF2N2O8. The fourth-order valence-corrected chi connectivity index (χ4v) is 7.50. The first kappa shape index (κ1) is 47.0. The second-order valence-electron chi connectivity index (χ2n) is 15.6. The Bertz CT molecular complexity index is 2530. The van der Waals surface area contributed by atoms with Crippen molar-refractivity contribution in [2.45, 2.75) is 75.4 Å². The molecule has 2 aromatic heterocycles. The normalized spacial score (nSPS) is 14.5. The van der Waals surface area contributed by atoms with Gasteiger partial charge in [0.25, 0.3) is 0 Å². The van der Waals surface area contributed by atoms with Crippen LogP contribution >= 0.6 is 0 Å². The number of hydrogen-bond acceptors (Lipinski definition) is 10. The van der Waals surface area contributed by atoms with Gasteiger partial charge in [0, 0.05) is 82.5 Å². The maximum atomic E-state index is 13.6. The van der Waals surface area contributed by atoms with E-state index in [1.165, 1.54) is 36.4 Å². The molecule has 0 bridgehead atoms. The van der Waals surface area contributed by atoms with E-state index in [9.17, 15) is 48.4 Å². The molecule has 1 unspecified atom stereocenters. The van der Waals surface area contributed by atoms with Crippen molar-refractivity contribution in [2.75, 3.05) is 0 Å². The molecule has 316 valence electrons. The van der Waals surface area contributed by atoms with Gasteiger partial charge < -0.3 is 30.0 Å². The number of aliphatic carboxylic acids is 2. The van der Waals surface area contributed by atoms with Gasteiger partial charge in [-0.25, -0.2) is 8.78 Å². The molecule has 8 rings (SSSR count). The topological polar surface area (TPSA) is 181 Å². The number of allylic oxidation sites excluding steroid dienone is 2. The smallest absolute Gasteiger partial charge is 0.550 e. The van der Waals surface area contributed by atoms with Crippen molar-refractivity contribution in [3.8, 4) is 22.3 Å². The minimum Gasteiger partial charge on any atom is -0.550 e. The summed E-state index contributed by atoms with van der Waals surface area (Å²) in [5.74, 6) is -3.68. The third-order valence-corrected chi connectivity index (χ3v) is 10.7. The molecule has 10 nitrogen and oxygen atoms in total. The maximum Gasteiger partial charge on any atom is 2.00 e. The van der Waals surface area contributed by atoms with Crippen LogP contribution < -0.4 is 10.2 Å². The molecule has 2 saturated carbocycles. The van der Waals surface area contributed by atoms with Gasteiger partial charge in [0.05, 0.1) is 34.6 Å². The third kappa shape index (κ3) is 12.4. The SMILES string of the molecule is O=C([O-])CC(O)CC(=O)/C=C/c1c(C2CC2)nc2ccccc2c1-c1ccc(F)cc1.O=C([O-])C[C@H](O)CC(=O)/C=C/c1c(C2CC2)nc2ccccc2c1-c1ccc(F)cc1.[Ca+2]. The van der Waals surface area contributed by atoms with Crippen LogP contribution in [0.4, 0.5) is 8.78 Å². The number of para-hydroxylation sites is 2. The number of pyridine rings is 2. The summed E-state index contributed by atoms with van der Waals surface area (Å²) in [6, 6.07) is 27.8. The van der Waals surface area contributed by atoms with E-state index >= 15 is 0 Å². The number of halogens is 2. The van der Waals surface area contributed by atoms with Crippen molar-refractivity contribution in [2.24, 2.45) is 0 Å². The monoisotopic (exact) mass is 876 g/mol. The van der Waals surface area contributed by atoms with Crippen LogP contribution in [0.25, 0.3) is 56.2 Å². The van der Waals surface area contributed by atoms with Crippen molar-refractivity contribution in [3.63, 3.8) is 0 Å². The van der Waals surface area contributed by atoms with Gasteiger partial charge in [-0.15, -0.1) is 0 Å². The van der Waals surface area contributed by atoms with Crippen LogP contribution in [0.5, 0.6) is 0 Å². The molecule has 2 aliphatic rings. The molecule has 13 heteroatoms. The molecule has 0 radical (unpaired) electrons. The Hall–Kier alpha value is -5.50. The Morgan fingerprint density at radius 3 is 1.25 bits per heavy atom. The number of carboxylic acids is 2. The molecule has 0 spiro atoms. The largest absolute Gasteiger partial charge is 2.00 e. The Kier molecular flexibility index (Phi) is 15.8. The van der Waals surface area contributed by atoms with Crippen LogP contribution in [0.1, 0.15) is 85.7 Å². The molecule has 6 aromatic rings. The Balaban J connectivity index is 0.000000206. The number of benzene rings is 4. The molecule has 0 saturated heterocycles. The average molecular weight is 877 g/mol. The number of hydrogen-bond donors (Lipinski definition) is 2. The number of rotatable bonds is 16. The predicted octanol–water partition coefficient (Wildman–Crippen LogP) is 6.40. The predicted molar refractivity (Wildman–Crippen MR) is 233 cm³/mol. The summed E-state index contributed by atoms with van der Waals surface area (Å²) in [4.78, 5) is 55.6. The second kappa shape index (κ2) is 21.2. The molecule has 0 amide bonds. The first-order valence-corrected chi connectivity index (χ1v) is 20.4. The van der Waals surface area contributed by atoms with Gasteiger partial charge in [0.1, 0.15) is 11.6 Å². The molecule has 0 aliphatic heterocycles. The van der Waals surface area contributed by atoms with Crippen LogP contribution in [0.3, 0.4) is 0 Å². The molecule has 2 atom stereocenters. The summed E-state index contributed by atoms with van der Waals surface area (Å²) in [7, 11) is 0. The molecule has 2 N–H and O–H groups in total. The Labute approximate surface area is 392 Å². The quantitative estimate of drug-likeness (QED) is 0.0816. The van der Waals surface area contributed by atoms with E-state index in [4.69, 9.17) is 9.97 Å². The molecule has 2 aliphatic carbocycles. The van der Waals surface area contributed by atoms with Crippen LogP contribution in [-0.2, 0) is 19.2 Å². The molecule has 4 aromatic carbocycles. The number of carbonyl (C=O) groups excluding carboxylic acids is 4. The minimum absolute atomic E-state index is 0. The molecule has 2 fully saturated rings. The van der Waals surface area contributed by atoms with E-state index < -0.39 is 48.6 Å². The standard InChI is InChI=1S/2C25H22FNO4.Ca/c2*26-17-9-7-15(8-10-17)24-20-3-1-2-4-22(20)27-25(16-5-6-16)21(24)12-11-18(28)13-19(29)14-23(30)31;/h2*1-4,7-12,16,19,29H,5-6,13-14H2,(H,30,31);/q;;+2/p-2/b2*12-11+;/t19-;;/m1../s1. The van der Waals surface area contributed by atoms with E-state index in [0.717, 1.165) is 92.3 Å². The van der Waals surface area contributed by atoms with E-state index in [-0.39, 0.29) is 62.2 Å². The average Bonchev–Trinajstić information content (AvgIpc) is 4.17. The number of nitrogens with zero attached hydrogens (tertiary/aromatic N) is 2. The van der Waals surface area contributed by atoms with Gasteiger partial charge in [0.15, 0.2) is 11.6 Å². The van der Waals surface area contributed by atoms with Gasteiger partial charge in [-0.2, -0.15) is 0 Å². The van der Waals surface area contributed by atoms with Gasteiger partial charge in [-0.1, -0.05) is 60.7 Å². The number of aliphatic hydroxyl groups is 2. The van der Waals surface area contributed by atoms with E-state index in [1.54, 1.807) is 36.4 Å². The minimum atomic E-state index is -1.40. The van der Waals surface area contributed by atoms with Crippen LogP contribution in [0.15, 0.2) is 109 Å². The van der Waals surface area contributed by atoms with Gasteiger partial charge in [-0.3, -0.25) is 19.6 Å². The van der Waals surface area contributed by atoms with Crippen LogP contribution in [0.2, 0.25) is 0 Å². The number of ketones is 2. The van der Waals surface area contributed by atoms with Crippen LogP contribution in [-0.4, -0.2) is 93.6 Å². The molecular weight excluding hydrogens is 835 g/mol. The first-order chi connectivity index (χ1) is 29.8. The van der Waals surface area contributed by atoms with Gasteiger partial charge in [0.2, 0.25) is 0 Å². The van der Waals surface area contributed by atoms with E-state index in [1.807, 2.05) is 48.5 Å². The number of carboxylic acid groups (broad SMARTS) is 2. The maximum absolute atomic E-state index is 13.6. The summed E-state index contributed by atoms with van der Waals surface area (Å²) in [5, 5.41) is 42.4. The fourth-order valence-electron chi connectivity index (χ4n) is 7.50. The van der Waals surface area contributed by atoms with Crippen molar-refractivity contribution in [3.05, 3.63) is 143 Å². The molecule has 63 heavy (non-hydrogen) atoms. The van der Waals surface area contributed by atoms with Gasteiger partial charge >= 0.3 is 37.7 Å². The zero-order valence-electron chi connectivity index (χ0n) is 34.2. The number of fused-ring (bicyclic) bond motifs is 2. The first-order valence-electron chi connectivity index (χ1n) is 20.4. The summed E-state index contributed by atoms with van der Waals surface area (Å²) in [5.41, 5.74) is 8.37. The third-order valence-electron chi connectivity index (χ3n) is 10.7. The fraction of sp³-hybridized carbons (Fsp3) is 0.240. The van der Waals surface area contributed by atoms with Crippen molar-refractivity contribution in [1.82, 2.24) is 9.97 Å². The summed E-state index contributed by atoms with van der Waals surface area (Å²) in [6.07, 6.45) is 5.70. The molecule has 2 heterocycles. The summed E-state index contributed by atoms with van der Waals surface area (Å²) in [6.45, 7) is 0. The van der Waals surface area contributed by atoms with E-state index in [2.05, 4.69) is 0 Å². The zero-order chi connectivity index (χ0) is 43.9. The second-order valence-corrected chi connectivity index (χ2v) is 15.6.